The zero-order valence-corrected chi connectivity index (χ0v) is 12.6. The van der Waals surface area contributed by atoms with Gasteiger partial charge in [0.25, 0.3) is 0 Å². The average Bonchev–Trinajstić information content (AvgIpc) is 3.21. The molecule has 2 aromatic carbocycles. The number of rotatable bonds is 3. The van der Waals surface area contributed by atoms with E-state index in [2.05, 4.69) is 12.1 Å². The molecule has 0 bridgehead atoms. The summed E-state index contributed by atoms with van der Waals surface area (Å²) in [6, 6.07) is 18.2. The van der Waals surface area contributed by atoms with Crippen LogP contribution in [-0.4, -0.2) is 4.98 Å². The van der Waals surface area contributed by atoms with Gasteiger partial charge in [0.2, 0.25) is 0 Å². The first-order chi connectivity index (χ1) is 10.8. The molecule has 108 valence electrons. The molecular formula is C18H14N2OS. The lowest BCUT2D eigenvalue weighted by molar-refractivity contribution is 0.629. The first kappa shape index (κ1) is 13.2. The van der Waals surface area contributed by atoms with Crippen molar-refractivity contribution in [3.8, 4) is 22.0 Å². The lowest BCUT2D eigenvalue weighted by atomic mass is 10.1. The molecule has 4 aromatic rings. The Hall–Kier alpha value is -2.43. The van der Waals surface area contributed by atoms with Gasteiger partial charge in [0.1, 0.15) is 16.3 Å². The van der Waals surface area contributed by atoms with Gasteiger partial charge in [0.15, 0.2) is 5.76 Å². The van der Waals surface area contributed by atoms with Crippen LogP contribution in [0.5, 0.6) is 0 Å². The van der Waals surface area contributed by atoms with Crippen molar-refractivity contribution in [1.82, 2.24) is 4.98 Å². The molecule has 4 heteroatoms. The van der Waals surface area contributed by atoms with Crippen LogP contribution in [-0.2, 0) is 6.54 Å². The normalized spacial score (nSPS) is 11.1. The third-order valence-corrected chi connectivity index (χ3v) is 4.51. The average molecular weight is 306 g/mol. The van der Waals surface area contributed by atoms with Crippen molar-refractivity contribution in [3.63, 3.8) is 0 Å². The molecule has 22 heavy (non-hydrogen) atoms. The highest BCUT2D eigenvalue weighted by atomic mass is 32.1. The lowest BCUT2D eigenvalue weighted by Crippen LogP contribution is -1.95. The van der Waals surface area contributed by atoms with Gasteiger partial charge in [-0.1, -0.05) is 42.5 Å². The monoisotopic (exact) mass is 306 g/mol. The zero-order valence-electron chi connectivity index (χ0n) is 11.8. The minimum Gasteiger partial charge on any atom is -0.454 e. The Morgan fingerprint density at radius 1 is 1.05 bits per heavy atom. The van der Waals surface area contributed by atoms with Crippen LogP contribution in [0, 0.1) is 0 Å². The SMILES string of the molecule is NCc1ccc(-c2nc(-c3cc4ccccc4o3)cs2)cc1. The number of benzene rings is 2. The van der Waals surface area contributed by atoms with Crippen molar-refractivity contribution in [1.29, 1.82) is 0 Å². The minimum atomic E-state index is 0.558. The smallest absolute Gasteiger partial charge is 0.154 e. The van der Waals surface area contributed by atoms with Crippen molar-refractivity contribution < 1.29 is 4.42 Å². The fourth-order valence-corrected chi connectivity index (χ4v) is 3.23. The van der Waals surface area contributed by atoms with Crippen LogP contribution in [0.4, 0.5) is 0 Å². The van der Waals surface area contributed by atoms with Crippen LogP contribution in [0.3, 0.4) is 0 Å². The molecule has 0 atom stereocenters. The quantitative estimate of drug-likeness (QED) is 0.598. The number of para-hydroxylation sites is 1. The van der Waals surface area contributed by atoms with Gasteiger partial charge in [-0.25, -0.2) is 4.98 Å². The van der Waals surface area contributed by atoms with E-state index in [9.17, 15) is 0 Å². The van der Waals surface area contributed by atoms with Crippen molar-refractivity contribution in [3.05, 3.63) is 65.5 Å². The largest absolute Gasteiger partial charge is 0.454 e. The summed E-state index contributed by atoms with van der Waals surface area (Å²) in [5.41, 5.74) is 9.62. The number of hydrogen-bond donors (Lipinski definition) is 1. The minimum absolute atomic E-state index is 0.558. The van der Waals surface area contributed by atoms with Crippen molar-refractivity contribution in [2.24, 2.45) is 5.73 Å². The summed E-state index contributed by atoms with van der Waals surface area (Å²) in [5.74, 6) is 0.808. The summed E-state index contributed by atoms with van der Waals surface area (Å²) in [5, 5.41) is 4.11. The van der Waals surface area contributed by atoms with Gasteiger partial charge >= 0.3 is 0 Å². The third-order valence-electron chi connectivity index (χ3n) is 3.62. The van der Waals surface area contributed by atoms with Crippen molar-refractivity contribution in [2.75, 3.05) is 0 Å². The van der Waals surface area contributed by atoms with E-state index in [4.69, 9.17) is 15.1 Å². The van der Waals surface area contributed by atoms with Gasteiger partial charge in [-0.05, 0) is 17.7 Å². The van der Waals surface area contributed by atoms with E-state index >= 15 is 0 Å². The molecule has 2 aromatic heterocycles. The molecule has 2 heterocycles. The second-order valence-corrected chi connectivity index (χ2v) is 5.95. The maximum Gasteiger partial charge on any atom is 0.154 e. The fraction of sp³-hybridized carbons (Fsp3) is 0.0556. The summed E-state index contributed by atoms with van der Waals surface area (Å²) in [7, 11) is 0. The Morgan fingerprint density at radius 2 is 1.86 bits per heavy atom. The van der Waals surface area contributed by atoms with E-state index in [1.54, 1.807) is 11.3 Å². The van der Waals surface area contributed by atoms with E-state index in [1.165, 1.54) is 0 Å². The molecule has 0 unspecified atom stereocenters. The van der Waals surface area contributed by atoms with Crippen LogP contribution in [0.2, 0.25) is 0 Å². The highest BCUT2D eigenvalue weighted by molar-refractivity contribution is 7.13. The predicted molar refractivity (Wildman–Crippen MR) is 90.6 cm³/mol. The number of thiazole rings is 1. The van der Waals surface area contributed by atoms with Crippen LogP contribution in [0.15, 0.2) is 64.4 Å². The second kappa shape index (κ2) is 5.40. The van der Waals surface area contributed by atoms with E-state index in [0.29, 0.717) is 6.54 Å². The number of fused-ring (bicyclic) bond motifs is 1. The summed E-state index contributed by atoms with van der Waals surface area (Å²) in [6.45, 7) is 0.558. The Kier molecular flexibility index (Phi) is 3.25. The molecule has 0 fully saturated rings. The number of hydrogen-bond acceptors (Lipinski definition) is 4. The van der Waals surface area contributed by atoms with Gasteiger partial charge in [-0.15, -0.1) is 11.3 Å². The van der Waals surface area contributed by atoms with Gasteiger partial charge in [-0.2, -0.15) is 0 Å². The summed E-state index contributed by atoms with van der Waals surface area (Å²) >= 11 is 1.62. The standard InChI is InChI=1S/C18H14N2OS/c19-10-12-5-7-13(8-6-12)18-20-15(11-22-18)17-9-14-3-1-2-4-16(14)21-17/h1-9,11H,10,19H2. The number of furan rings is 1. The summed E-state index contributed by atoms with van der Waals surface area (Å²) < 4.78 is 5.87. The van der Waals surface area contributed by atoms with Crippen molar-refractivity contribution in [2.45, 2.75) is 6.54 Å². The van der Waals surface area contributed by atoms with E-state index in [1.807, 2.05) is 47.8 Å². The third kappa shape index (κ3) is 2.32. The lowest BCUT2D eigenvalue weighted by Gasteiger charge is -1.98. The topological polar surface area (TPSA) is 52.0 Å². The molecule has 0 saturated carbocycles. The fourth-order valence-electron chi connectivity index (χ4n) is 2.41. The molecule has 0 amide bonds. The summed E-state index contributed by atoms with van der Waals surface area (Å²) in [6.07, 6.45) is 0. The van der Waals surface area contributed by atoms with Gasteiger partial charge in [0, 0.05) is 22.9 Å². The molecule has 0 aliphatic heterocycles. The molecular weight excluding hydrogens is 292 g/mol. The molecule has 3 nitrogen and oxygen atoms in total. The van der Waals surface area contributed by atoms with Gasteiger partial charge < -0.3 is 10.2 Å². The van der Waals surface area contributed by atoms with Crippen LogP contribution in [0.1, 0.15) is 5.56 Å². The Balaban J connectivity index is 1.70. The van der Waals surface area contributed by atoms with Crippen molar-refractivity contribution >= 4 is 22.3 Å². The van der Waals surface area contributed by atoms with E-state index in [-0.39, 0.29) is 0 Å². The molecule has 0 spiro atoms. The van der Waals surface area contributed by atoms with E-state index < -0.39 is 0 Å². The molecule has 0 saturated heterocycles. The predicted octanol–water partition coefficient (Wildman–Crippen LogP) is 4.68. The first-order valence-electron chi connectivity index (χ1n) is 7.07. The zero-order chi connectivity index (χ0) is 14.9. The number of nitrogens with two attached hydrogens (primary N) is 1. The molecule has 4 rings (SSSR count). The van der Waals surface area contributed by atoms with Crippen LogP contribution < -0.4 is 5.73 Å². The highest BCUT2D eigenvalue weighted by Gasteiger charge is 2.11. The van der Waals surface area contributed by atoms with Crippen LogP contribution >= 0.6 is 11.3 Å². The van der Waals surface area contributed by atoms with Gasteiger partial charge in [-0.3, -0.25) is 0 Å². The molecule has 0 aliphatic carbocycles. The van der Waals surface area contributed by atoms with Gasteiger partial charge in [0.05, 0.1) is 0 Å². The molecule has 0 radical (unpaired) electrons. The van der Waals surface area contributed by atoms with E-state index in [0.717, 1.165) is 38.6 Å². The number of nitrogens with zero attached hydrogens (tertiary/aromatic N) is 1. The molecule has 2 N–H and O–H groups in total. The Bertz CT molecular complexity index is 889. The number of aromatic nitrogens is 1. The molecule has 0 aliphatic rings. The maximum atomic E-state index is 5.87. The highest BCUT2D eigenvalue weighted by Crippen LogP contribution is 2.32. The van der Waals surface area contributed by atoms with Crippen LogP contribution in [0.25, 0.3) is 33.0 Å². The maximum absolute atomic E-state index is 5.87. The second-order valence-electron chi connectivity index (χ2n) is 5.09. The Morgan fingerprint density at radius 3 is 2.64 bits per heavy atom. The summed E-state index contributed by atoms with van der Waals surface area (Å²) in [4.78, 5) is 4.70. The first-order valence-corrected chi connectivity index (χ1v) is 7.95. The Labute approximate surface area is 132 Å².